The number of carbonyl (C=O) groups excluding carboxylic acids is 1. The van der Waals surface area contributed by atoms with Crippen LogP contribution >= 0.6 is 0 Å². The van der Waals surface area contributed by atoms with Crippen LogP contribution in [0.15, 0.2) is 11.6 Å². The highest BCUT2D eigenvalue weighted by Gasteiger charge is 2.22. The number of allylic oxidation sites excluding steroid dienone is 1. The molecule has 0 N–H and O–H groups in total. The molecule has 80 valence electrons. The summed E-state index contributed by atoms with van der Waals surface area (Å²) in [6.45, 7) is 6.16. The minimum Gasteiger partial charge on any atom is -0.460 e. The normalized spacial score (nSPS) is 25.9. The zero-order valence-corrected chi connectivity index (χ0v) is 9.08. The Morgan fingerprint density at radius 2 is 2.21 bits per heavy atom. The molecule has 1 heterocycles. The summed E-state index contributed by atoms with van der Waals surface area (Å²) < 4.78 is 10.6. The van der Waals surface area contributed by atoms with Crippen LogP contribution < -0.4 is 0 Å². The van der Waals surface area contributed by atoms with Gasteiger partial charge in [-0.2, -0.15) is 0 Å². The third-order valence-corrected chi connectivity index (χ3v) is 2.14. The van der Waals surface area contributed by atoms with E-state index in [1.807, 2.05) is 20.8 Å². The van der Waals surface area contributed by atoms with E-state index in [0.717, 1.165) is 18.4 Å². The van der Waals surface area contributed by atoms with Crippen molar-refractivity contribution in [3.63, 3.8) is 0 Å². The molecule has 2 unspecified atom stereocenters. The molecule has 0 aromatic carbocycles. The standard InChI is InChI=1S/C11H18O3/c1-8(2)6-11(12)13-7-10-5-4-9(3)14-10/h6,9-10H,4-5,7H2,1-3H3. The van der Waals surface area contributed by atoms with E-state index < -0.39 is 0 Å². The van der Waals surface area contributed by atoms with Gasteiger partial charge in [-0.3, -0.25) is 0 Å². The van der Waals surface area contributed by atoms with Crippen molar-refractivity contribution in [3.05, 3.63) is 11.6 Å². The Kier molecular flexibility index (Phi) is 4.14. The molecule has 3 heteroatoms. The summed E-state index contributed by atoms with van der Waals surface area (Å²) in [5.41, 5.74) is 0.954. The predicted molar refractivity (Wildman–Crippen MR) is 54.0 cm³/mol. The number of ether oxygens (including phenoxy) is 2. The molecule has 1 saturated heterocycles. The van der Waals surface area contributed by atoms with Crippen molar-refractivity contribution in [3.8, 4) is 0 Å². The average Bonchev–Trinajstić information content (AvgIpc) is 2.47. The van der Waals surface area contributed by atoms with E-state index in [0.29, 0.717) is 12.7 Å². The maximum absolute atomic E-state index is 11.1. The molecule has 1 fully saturated rings. The van der Waals surface area contributed by atoms with Crippen molar-refractivity contribution in [1.29, 1.82) is 0 Å². The van der Waals surface area contributed by atoms with E-state index in [2.05, 4.69) is 0 Å². The molecule has 0 bridgehead atoms. The van der Waals surface area contributed by atoms with Gasteiger partial charge in [-0.15, -0.1) is 0 Å². The van der Waals surface area contributed by atoms with Crippen molar-refractivity contribution >= 4 is 5.97 Å². The minimum atomic E-state index is -0.270. The molecular weight excluding hydrogens is 180 g/mol. The summed E-state index contributed by atoms with van der Waals surface area (Å²) in [6.07, 6.45) is 3.95. The summed E-state index contributed by atoms with van der Waals surface area (Å²) in [7, 11) is 0. The molecule has 1 aliphatic rings. The Labute approximate surface area is 85.1 Å². The first-order valence-electron chi connectivity index (χ1n) is 5.05. The number of carbonyl (C=O) groups is 1. The number of hydrogen-bond acceptors (Lipinski definition) is 3. The van der Waals surface area contributed by atoms with E-state index in [4.69, 9.17) is 9.47 Å². The Hall–Kier alpha value is -0.830. The van der Waals surface area contributed by atoms with Crippen molar-refractivity contribution in [2.24, 2.45) is 0 Å². The van der Waals surface area contributed by atoms with Gasteiger partial charge in [0.1, 0.15) is 6.61 Å². The molecule has 14 heavy (non-hydrogen) atoms. The Balaban J connectivity index is 2.21. The third-order valence-electron chi connectivity index (χ3n) is 2.14. The molecule has 0 aliphatic carbocycles. The van der Waals surface area contributed by atoms with Crippen LogP contribution in [0.5, 0.6) is 0 Å². The van der Waals surface area contributed by atoms with Gasteiger partial charge in [-0.25, -0.2) is 4.79 Å². The Morgan fingerprint density at radius 3 is 2.71 bits per heavy atom. The van der Waals surface area contributed by atoms with Gasteiger partial charge in [0.2, 0.25) is 0 Å². The lowest BCUT2D eigenvalue weighted by Gasteiger charge is -2.10. The molecule has 1 rings (SSSR count). The molecule has 3 nitrogen and oxygen atoms in total. The second-order valence-electron chi connectivity index (χ2n) is 4.00. The second-order valence-corrected chi connectivity index (χ2v) is 4.00. The van der Waals surface area contributed by atoms with E-state index in [9.17, 15) is 4.79 Å². The second kappa shape index (κ2) is 5.15. The lowest BCUT2D eigenvalue weighted by molar-refractivity contribution is -0.141. The van der Waals surface area contributed by atoms with E-state index in [-0.39, 0.29) is 12.1 Å². The fourth-order valence-corrected chi connectivity index (χ4v) is 1.46. The average molecular weight is 198 g/mol. The summed E-state index contributed by atoms with van der Waals surface area (Å²) >= 11 is 0. The third kappa shape index (κ3) is 3.92. The molecule has 0 spiro atoms. The highest BCUT2D eigenvalue weighted by atomic mass is 16.6. The highest BCUT2D eigenvalue weighted by Crippen LogP contribution is 2.19. The van der Waals surface area contributed by atoms with Gasteiger partial charge in [0.15, 0.2) is 0 Å². The highest BCUT2D eigenvalue weighted by molar-refractivity contribution is 5.82. The smallest absolute Gasteiger partial charge is 0.330 e. The monoisotopic (exact) mass is 198 g/mol. The first kappa shape index (κ1) is 11.2. The van der Waals surface area contributed by atoms with Crippen LogP contribution in [0.1, 0.15) is 33.6 Å². The van der Waals surface area contributed by atoms with Crippen LogP contribution in [0.2, 0.25) is 0 Å². The SMILES string of the molecule is CC(C)=CC(=O)OCC1CCC(C)O1. The number of hydrogen-bond donors (Lipinski definition) is 0. The predicted octanol–water partition coefficient (Wildman–Crippen LogP) is 2.06. The summed E-state index contributed by atoms with van der Waals surface area (Å²) in [5, 5.41) is 0. The quantitative estimate of drug-likeness (QED) is 0.514. The van der Waals surface area contributed by atoms with Gasteiger partial charge < -0.3 is 9.47 Å². The first-order valence-corrected chi connectivity index (χ1v) is 5.05. The molecule has 0 aromatic heterocycles. The zero-order valence-electron chi connectivity index (χ0n) is 9.08. The maximum atomic E-state index is 11.1. The molecule has 1 aliphatic heterocycles. The van der Waals surface area contributed by atoms with Crippen LogP contribution in [-0.2, 0) is 14.3 Å². The van der Waals surface area contributed by atoms with Crippen molar-refractivity contribution in [1.82, 2.24) is 0 Å². The molecule has 0 saturated carbocycles. The van der Waals surface area contributed by atoms with Crippen LogP contribution in [0.4, 0.5) is 0 Å². The van der Waals surface area contributed by atoms with Gasteiger partial charge in [0.25, 0.3) is 0 Å². The Bertz CT molecular complexity index is 229. The van der Waals surface area contributed by atoms with Crippen molar-refractivity contribution in [2.45, 2.75) is 45.8 Å². The molecule has 0 amide bonds. The summed E-state index contributed by atoms with van der Waals surface area (Å²) in [4.78, 5) is 11.1. The summed E-state index contributed by atoms with van der Waals surface area (Å²) in [5.74, 6) is -0.270. The molecule has 2 atom stereocenters. The van der Waals surface area contributed by atoms with Gasteiger partial charge in [-0.05, 0) is 33.6 Å². The van der Waals surface area contributed by atoms with E-state index >= 15 is 0 Å². The lowest BCUT2D eigenvalue weighted by atomic mass is 10.2. The lowest BCUT2D eigenvalue weighted by Crippen LogP contribution is -2.18. The Morgan fingerprint density at radius 1 is 1.50 bits per heavy atom. The number of esters is 1. The van der Waals surface area contributed by atoms with Crippen LogP contribution in [0, 0.1) is 0 Å². The maximum Gasteiger partial charge on any atom is 0.330 e. The fourth-order valence-electron chi connectivity index (χ4n) is 1.46. The van der Waals surface area contributed by atoms with E-state index in [1.165, 1.54) is 6.08 Å². The van der Waals surface area contributed by atoms with Gasteiger partial charge in [0, 0.05) is 6.08 Å². The topological polar surface area (TPSA) is 35.5 Å². The largest absolute Gasteiger partial charge is 0.460 e. The van der Waals surface area contributed by atoms with Crippen LogP contribution in [0.3, 0.4) is 0 Å². The minimum absolute atomic E-state index is 0.0968. The zero-order chi connectivity index (χ0) is 10.6. The van der Waals surface area contributed by atoms with Gasteiger partial charge >= 0.3 is 5.97 Å². The van der Waals surface area contributed by atoms with Crippen LogP contribution in [0.25, 0.3) is 0 Å². The molecule has 0 aromatic rings. The van der Waals surface area contributed by atoms with Crippen molar-refractivity contribution < 1.29 is 14.3 Å². The van der Waals surface area contributed by atoms with Gasteiger partial charge in [0.05, 0.1) is 12.2 Å². The molecular formula is C11H18O3. The number of rotatable bonds is 3. The van der Waals surface area contributed by atoms with Crippen molar-refractivity contribution in [2.75, 3.05) is 6.61 Å². The molecule has 0 radical (unpaired) electrons. The summed E-state index contributed by atoms with van der Waals surface area (Å²) in [6, 6.07) is 0. The fraction of sp³-hybridized carbons (Fsp3) is 0.727. The first-order chi connectivity index (χ1) is 6.58. The van der Waals surface area contributed by atoms with E-state index in [1.54, 1.807) is 0 Å². The van der Waals surface area contributed by atoms with Gasteiger partial charge in [-0.1, -0.05) is 5.57 Å². The van der Waals surface area contributed by atoms with Crippen LogP contribution in [-0.4, -0.2) is 24.8 Å².